The molecule has 1 atom stereocenters. The zero-order chi connectivity index (χ0) is 18.7. The lowest BCUT2D eigenvalue weighted by atomic mass is 10.2. The molecule has 1 fully saturated rings. The van der Waals surface area contributed by atoms with Gasteiger partial charge < -0.3 is 15.1 Å². The smallest absolute Gasteiger partial charge is 0.262 e. The summed E-state index contributed by atoms with van der Waals surface area (Å²) in [5.41, 5.74) is 2.43. The maximum absolute atomic E-state index is 12.7. The molecule has 26 heavy (non-hydrogen) atoms. The topological polar surface area (TPSA) is 52.6 Å². The highest BCUT2D eigenvalue weighted by Gasteiger charge is 2.26. The van der Waals surface area contributed by atoms with Gasteiger partial charge in [-0.2, -0.15) is 0 Å². The zero-order valence-electron chi connectivity index (χ0n) is 14.9. The number of carbonyl (C=O) groups is 2. The summed E-state index contributed by atoms with van der Waals surface area (Å²) in [4.78, 5) is 29.6. The second-order valence-electron chi connectivity index (χ2n) is 6.45. The molecule has 5 nitrogen and oxygen atoms in total. The first-order chi connectivity index (χ1) is 12.4. The van der Waals surface area contributed by atoms with E-state index in [1.807, 2.05) is 11.0 Å². The Morgan fingerprint density at radius 3 is 2.50 bits per heavy atom. The third-order valence-corrected chi connectivity index (χ3v) is 6.10. The lowest BCUT2D eigenvalue weighted by molar-refractivity contribution is -0.133. The summed E-state index contributed by atoms with van der Waals surface area (Å²) < 4.78 is 0.897. The summed E-state index contributed by atoms with van der Waals surface area (Å²) in [5.74, 6) is -0.238. The normalized spacial score (nSPS) is 15.7. The molecule has 1 aromatic heterocycles. The van der Waals surface area contributed by atoms with E-state index in [1.54, 1.807) is 13.0 Å². The van der Waals surface area contributed by atoms with E-state index < -0.39 is 6.04 Å². The van der Waals surface area contributed by atoms with Gasteiger partial charge in [-0.1, -0.05) is 12.1 Å². The number of halogens is 1. The molecule has 0 bridgehead atoms. The van der Waals surface area contributed by atoms with Gasteiger partial charge in [-0.3, -0.25) is 9.59 Å². The average Bonchev–Trinajstić information content (AvgIpc) is 3.08. The standard InChI is InChI=1S/C19H22BrN3O2S/c1-13-4-3-5-15(12-13)22-8-10-23(11-9-22)19(25)14(2)21-18(24)16-6-7-17(20)26-16/h3-7,12,14H,8-11H2,1-2H3,(H,21,24). The van der Waals surface area contributed by atoms with Crippen molar-refractivity contribution in [2.24, 2.45) is 0 Å². The summed E-state index contributed by atoms with van der Waals surface area (Å²) in [5, 5.41) is 2.80. The summed E-state index contributed by atoms with van der Waals surface area (Å²) in [7, 11) is 0. The van der Waals surface area contributed by atoms with Gasteiger partial charge in [0.25, 0.3) is 5.91 Å². The fourth-order valence-electron chi connectivity index (χ4n) is 3.05. The minimum absolute atomic E-state index is 0.0298. The van der Waals surface area contributed by atoms with Crippen molar-refractivity contribution in [2.45, 2.75) is 19.9 Å². The van der Waals surface area contributed by atoms with Gasteiger partial charge in [0.2, 0.25) is 5.91 Å². The van der Waals surface area contributed by atoms with Gasteiger partial charge >= 0.3 is 0 Å². The third kappa shape index (κ3) is 4.45. The molecule has 1 aromatic carbocycles. The molecule has 7 heteroatoms. The van der Waals surface area contributed by atoms with Gasteiger partial charge in [0, 0.05) is 31.9 Å². The van der Waals surface area contributed by atoms with E-state index in [-0.39, 0.29) is 11.8 Å². The number of carbonyl (C=O) groups excluding carboxylic acids is 2. The van der Waals surface area contributed by atoms with Gasteiger partial charge in [-0.15, -0.1) is 11.3 Å². The van der Waals surface area contributed by atoms with Gasteiger partial charge in [0.05, 0.1) is 8.66 Å². The maximum Gasteiger partial charge on any atom is 0.262 e. The van der Waals surface area contributed by atoms with Crippen molar-refractivity contribution < 1.29 is 9.59 Å². The van der Waals surface area contributed by atoms with Crippen LogP contribution >= 0.6 is 27.3 Å². The highest BCUT2D eigenvalue weighted by molar-refractivity contribution is 9.11. The number of benzene rings is 1. The highest BCUT2D eigenvalue weighted by atomic mass is 79.9. The summed E-state index contributed by atoms with van der Waals surface area (Å²) in [6.07, 6.45) is 0. The molecule has 1 aliphatic heterocycles. The molecule has 0 radical (unpaired) electrons. The molecule has 1 N–H and O–H groups in total. The van der Waals surface area contributed by atoms with Crippen LogP contribution in [0.5, 0.6) is 0 Å². The SMILES string of the molecule is Cc1cccc(N2CCN(C(=O)C(C)NC(=O)c3ccc(Br)s3)CC2)c1. The first kappa shape index (κ1) is 18.9. The van der Waals surface area contributed by atoms with E-state index in [2.05, 4.69) is 57.3 Å². The Morgan fingerprint density at radius 1 is 1.15 bits per heavy atom. The number of nitrogens with zero attached hydrogens (tertiary/aromatic N) is 2. The number of thiophene rings is 1. The van der Waals surface area contributed by atoms with Crippen LogP contribution in [0, 0.1) is 6.92 Å². The van der Waals surface area contributed by atoms with Crippen LogP contribution in [0.15, 0.2) is 40.2 Å². The molecule has 0 aliphatic carbocycles. The van der Waals surface area contributed by atoms with E-state index in [1.165, 1.54) is 22.6 Å². The zero-order valence-corrected chi connectivity index (χ0v) is 17.3. The molecule has 138 valence electrons. The Hall–Kier alpha value is -1.86. The monoisotopic (exact) mass is 435 g/mol. The predicted octanol–water partition coefficient (Wildman–Crippen LogP) is 3.29. The highest BCUT2D eigenvalue weighted by Crippen LogP contribution is 2.22. The van der Waals surface area contributed by atoms with E-state index in [4.69, 9.17) is 0 Å². The Kier molecular flexibility index (Phi) is 5.98. The van der Waals surface area contributed by atoms with Gasteiger partial charge in [0.15, 0.2) is 0 Å². The number of nitrogens with one attached hydrogen (secondary N) is 1. The lowest BCUT2D eigenvalue weighted by Gasteiger charge is -2.37. The van der Waals surface area contributed by atoms with Gasteiger partial charge in [-0.05, 0) is 59.6 Å². The van der Waals surface area contributed by atoms with Crippen LogP contribution in [0.1, 0.15) is 22.2 Å². The number of piperazine rings is 1. The van der Waals surface area contributed by atoms with Crippen molar-refractivity contribution in [2.75, 3.05) is 31.1 Å². The number of hydrogen-bond donors (Lipinski definition) is 1. The Morgan fingerprint density at radius 2 is 1.88 bits per heavy atom. The minimum Gasteiger partial charge on any atom is -0.368 e. The number of anilines is 1. The Labute approximate surface area is 166 Å². The molecule has 3 rings (SSSR count). The van der Waals surface area contributed by atoms with Crippen molar-refractivity contribution in [3.63, 3.8) is 0 Å². The molecule has 2 heterocycles. The quantitative estimate of drug-likeness (QED) is 0.801. The van der Waals surface area contributed by atoms with E-state index in [9.17, 15) is 9.59 Å². The van der Waals surface area contributed by atoms with E-state index >= 15 is 0 Å². The van der Waals surface area contributed by atoms with Crippen LogP contribution in [0.25, 0.3) is 0 Å². The fourth-order valence-corrected chi connectivity index (χ4v) is 4.34. The van der Waals surface area contributed by atoms with Crippen LogP contribution in [0.3, 0.4) is 0 Å². The van der Waals surface area contributed by atoms with E-state index in [0.717, 1.165) is 16.9 Å². The second kappa shape index (κ2) is 8.22. The van der Waals surface area contributed by atoms with Crippen LogP contribution in [0.4, 0.5) is 5.69 Å². The van der Waals surface area contributed by atoms with Crippen molar-refractivity contribution in [1.29, 1.82) is 0 Å². The van der Waals surface area contributed by atoms with Crippen molar-refractivity contribution in [1.82, 2.24) is 10.2 Å². The van der Waals surface area contributed by atoms with Crippen molar-refractivity contribution >= 4 is 44.8 Å². The molecule has 1 aliphatic rings. The molecule has 1 unspecified atom stereocenters. The summed E-state index contributed by atoms with van der Waals surface area (Å²) >= 11 is 4.70. The molecule has 0 saturated carbocycles. The van der Waals surface area contributed by atoms with Gasteiger partial charge in [-0.25, -0.2) is 0 Å². The number of rotatable bonds is 4. The molecule has 2 amide bonds. The third-order valence-electron chi connectivity index (χ3n) is 4.47. The second-order valence-corrected chi connectivity index (χ2v) is 8.91. The van der Waals surface area contributed by atoms with Crippen LogP contribution in [-0.4, -0.2) is 48.9 Å². The molecule has 0 spiro atoms. The van der Waals surface area contributed by atoms with E-state index in [0.29, 0.717) is 18.0 Å². The van der Waals surface area contributed by atoms with Crippen molar-refractivity contribution in [3.05, 3.63) is 50.6 Å². The predicted molar refractivity (Wildman–Crippen MR) is 109 cm³/mol. The summed E-state index contributed by atoms with van der Waals surface area (Å²) in [6.45, 7) is 6.76. The molecule has 1 saturated heterocycles. The lowest BCUT2D eigenvalue weighted by Crippen LogP contribution is -2.54. The van der Waals surface area contributed by atoms with Crippen LogP contribution in [0.2, 0.25) is 0 Å². The number of hydrogen-bond acceptors (Lipinski definition) is 4. The Balaban J connectivity index is 1.53. The van der Waals surface area contributed by atoms with Crippen LogP contribution in [-0.2, 0) is 4.79 Å². The summed E-state index contributed by atoms with van der Waals surface area (Å²) in [6, 6.07) is 11.5. The maximum atomic E-state index is 12.7. The largest absolute Gasteiger partial charge is 0.368 e. The molecular weight excluding hydrogens is 414 g/mol. The van der Waals surface area contributed by atoms with Crippen LogP contribution < -0.4 is 10.2 Å². The average molecular weight is 436 g/mol. The van der Waals surface area contributed by atoms with Gasteiger partial charge in [0.1, 0.15) is 6.04 Å². The number of aryl methyl sites for hydroxylation is 1. The van der Waals surface area contributed by atoms with Crippen molar-refractivity contribution in [3.8, 4) is 0 Å². The minimum atomic E-state index is -0.533. The first-order valence-corrected chi connectivity index (χ1v) is 10.2. The fraction of sp³-hybridized carbons (Fsp3) is 0.368. The molecular formula is C19H22BrN3O2S. The molecule has 2 aromatic rings. The number of amides is 2. The first-order valence-electron chi connectivity index (χ1n) is 8.60. The Bertz CT molecular complexity index is 800.